The molecule has 2 N–H and O–H groups in total. The summed E-state index contributed by atoms with van der Waals surface area (Å²) in [4.78, 5) is 36.2. The molecular weight excluding hydrogens is 312 g/mol. The maximum Gasteiger partial charge on any atom is 0.352 e. The summed E-state index contributed by atoms with van der Waals surface area (Å²) in [5.74, 6) is -0.787. The number of nitrogens with zero attached hydrogens (tertiary/aromatic N) is 1. The van der Waals surface area contributed by atoms with Crippen LogP contribution in [0.15, 0.2) is 24.4 Å². The number of aliphatic carboxylic acids is 1. The summed E-state index contributed by atoms with van der Waals surface area (Å²) in [5.41, 5.74) is 0.00258. The highest BCUT2D eigenvalue weighted by Gasteiger charge is 2.53. The van der Waals surface area contributed by atoms with Gasteiger partial charge in [0.1, 0.15) is 17.1 Å². The molecule has 2 aliphatic heterocycles. The van der Waals surface area contributed by atoms with Crippen LogP contribution in [0.25, 0.3) is 0 Å². The van der Waals surface area contributed by atoms with Gasteiger partial charge in [-0.3, -0.25) is 14.5 Å². The van der Waals surface area contributed by atoms with Crippen molar-refractivity contribution in [1.82, 2.24) is 10.2 Å². The molecule has 1 saturated heterocycles. The molecule has 0 aromatic carbocycles. The van der Waals surface area contributed by atoms with E-state index in [9.17, 15) is 14.4 Å². The Hall–Kier alpha value is -1.41. The quantitative estimate of drug-likeness (QED) is 0.423. The van der Waals surface area contributed by atoms with Crippen LogP contribution in [-0.4, -0.2) is 56.0 Å². The number of carboxylic acids is 1. The van der Waals surface area contributed by atoms with Crippen LogP contribution in [0, 0.1) is 0 Å². The van der Waals surface area contributed by atoms with Gasteiger partial charge in [0.05, 0.1) is 5.75 Å². The van der Waals surface area contributed by atoms with Gasteiger partial charge in [0.25, 0.3) is 5.91 Å². The highest BCUT2D eigenvalue weighted by molar-refractivity contribution is 8.00. The SMILES string of the molecule is C=CCSCC(=O)NC1C(=O)N2C(C(=O)O)=CC(C)S[C@H]12. The number of thioether (sulfide) groups is 2. The molecule has 8 heteroatoms. The molecule has 0 spiro atoms. The smallest absolute Gasteiger partial charge is 0.352 e. The van der Waals surface area contributed by atoms with Crippen LogP contribution < -0.4 is 5.32 Å². The lowest BCUT2D eigenvalue weighted by Gasteiger charge is -2.49. The second kappa shape index (κ2) is 6.57. The van der Waals surface area contributed by atoms with E-state index < -0.39 is 12.0 Å². The zero-order valence-electron chi connectivity index (χ0n) is 11.4. The largest absolute Gasteiger partial charge is 0.477 e. The van der Waals surface area contributed by atoms with E-state index in [1.165, 1.54) is 28.4 Å². The Balaban J connectivity index is 1.98. The van der Waals surface area contributed by atoms with Gasteiger partial charge in [0.15, 0.2) is 0 Å². The number of rotatable bonds is 6. The van der Waals surface area contributed by atoms with Gasteiger partial charge in [-0.25, -0.2) is 4.79 Å². The molecule has 0 aromatic heterocycles. The molecule has 6 nitrogen and oxygen atoms in total. The number of β-lactam (4-membered cyclic amide) rings is 1. The lowest BCUT2D eigenvalue weighted by molar-refractivity contribution is -0.150. The molecule has 21 heavy (non-hydrogen) atoms. The lowest BCUT2D eigenvalue weighted by atomic mass is 10.0. The van der Waals surface area contributed by atoms with E-state index in [1.807, 2.05) is 6.92 Å². The van der Waals surface area contributed by atoms with Gasteiger partial charge < -0.3 is 10.4 Å². The standard InChI is InChI=1S/C13H16N2O4S2/c1-3-4-20-6-9(16)14-10-11(17)15-8(13(18)19)5-7(2)21-12(10)15/h3,5,7,10,12H,1,4,6H2,2H3,(H,14,16)(H,18,19)/t7?,10?,12-/m1/s1. The average Bonchev–Trinajstić information content (AvgIpc) is 2.44. The topological polar surface area (TPSA) is 86.7 Å². The van der Waals surface area contributed by atoms with E-state index in [1.54, 1.807) is 12.2 Å². The number of hydrogen-bond acceptors (Lipinski definition) is 5. The molecule has 2 rings (SSSR count). The van der Waals surface area contributed by atoms with Crippen LogP contribution in [0.4, 0.5) is 0 Å². The first-order valence-electron chi connectivity index (χ1n) is 6.37. The van der Waals surface area contributed by atoms with Gasteiger partial charge in [0, 0.05) is 11.0 Å². The predicted octanol–water partition coefficient (Wildman–Crippen LogP) is 0.662. The fourth-order valence-electron chi connectivity index (χ4n) is 2.18. The molecule has 1 fully saturated rings. The Kier molecular flexibility index (Phi) is 5.00. The van der Waals surface area contributed by atoms with Crippen molar-refractivity contribution in [3.63, 3.8) is 0 Å². The number of carbonyl (C=O) groups excluding carboxylic acids is 2. The molecule has 2 unspecified atom stereocenters. The number of fused-ring (bicyclic) bond motifs is 1. The number of carbonyl (C=O) groups is 3. The lowest BCUT2D eigenvalue weighted by Crippen LogP contribution is -2.70. The Morgan fingerprint density at radius 2 is 2.33 bits per heavy atom. The first kappa shape index (κ1) is 16.0. The third-order valence-electron chi connectivity index (χ3n) is 3.05. The molecule has 3 atom stereocenters. The molecule has 2 heterocycles. The predicted molar refractivity (Wildman–Crippen MR) is 82.9 cm³/mol. The Bertz CT molecular complexity index is 520. The van der Waals surface area contributed by atoms with Crippen molar-refractivity contribution in [3.8, 4) is 0 Å². The normalized spacial score (nSPS) is 27.3. The summed E-state index contributed by atoms with van der Waals surface area (Å²) in [6.07, 6.45) is 3.26. The summed E-state index contributed by atoms with van der Waals surface area (Å²) in [5, 5.41) is 11.5. The summed E-state index contributed by atoms with van der Waals surface area (Å²) in [7, 11) is 0. The highest BCUT2D eigenvalue weighted by atomic mass is 32.2. The van der Waals surface area contributed by atoms with Gasteiger partial charge in [-0.1, -0.05) is 6.08 Å². The van der Waals surface area contributed by atoms with Crippen LogP contribution in [-0.2, 0) is 14.4 Å². The molecule has 0 saturated carbocycles. The van der Waals surface area contributed by atoms with Crippen molar-refractivity contribution in [2.45, 2.75) is 23.6 Å². The van der Waals surface area contributed by atoms with Crippen molar-refractivity contribution < 1.29 is 19.5 Å². The molecule has 0 aromatic rings. The van der Waals surface area contributed by atoms with Crippen LogP contribution in [0.1, 0.15) is 6.92 Å². The van der Waals surface area contributed by atoms with Gasteiger partial charge in [0.2, 0.25) is 5.91 Å². The van der Waals surface area contributed by atoms with Crippen LogP contribution in [0.5, 0.6) is 0 Å². The van der Waals surface area contributed by atoms with Crippen LogP contribution in [0.2, 0.25) is 0 Å². The Morgan fingerprint density at radius 3 is 2.95 bits per heavy atom. The second-order valence-corrected chi connectivity index (χ2v) is 7.18. The monoisotopic (exact) mass is 328 g/mol. The molecule has 0 aliphatic carbocycles. The summed E-state index contributed by atoms with van der Waals surface area (Å²) in [6, 6.07) is -0.641. The Morgan fingerprint density at radius 1 is 1.62 bits per heavy atom. The minimum Gasteiger partial charge on any atom is -0.477 e. The van der Waals surface area contributed by atoms with E-state index in [2.05, 4.69) is 11.9 Å². The van der Waals surface area contributed by atoms with Crippen molar-refractivity contribution in [1.29, 1.82) is 0 Å². The zero-order chi connectivity index (χ0) is 15.6. The molecule has 0 radical (unpaired) electrons. The first-order chi connectivity index (χ1) is 9.95. The van der Waals surface area contributed by atoms with Gasteiger partial charge in [-0.15, -0.1) is 30.1 Å². The van der Waals surface area contributed by atoms with E-state index in [0.717, 1.165) is 0 Å². The number of hydrogen-bond donors (Lipinski definition) is 2. The molecular formula is C13H16N2O4S2. The van der Waals surface area contributed by atoms with Crippen LogP contribution in [0.3, 0.4) is 0 Å². The van der Waals surface area contributed by atoms with E-state index in [4.69, 9.17) is 5.11 Å². The molecule has 2 aliphatic rings. The third-order valence-corrected chi connectivity index (χ3v) is 5.32. The van der Waals surface area contributed by atoms with Crippen molar-refractivity contribution in [3.05, 3.63) is 24.4 Å². The fraction of sp³-hybridized carbons (Fsp3) is 0.462. The minimum atomic E-state index is -1.12. The summed E-state index contributed by atoms with van der Waals surface area (Å²) in [6.45, 7) is 5.43. The maximum absolute atomic E-state index is 12.1. The molecule has 114 valence electrons. The minimum absolute atomic E-state index is 0.00258. The van der Waals surface area contributed by atoms with Gasteiger partial charge in [-0.05, 0) is 13.0 Å². The maximum atomic E-state index is 12.1. The average molecular weight is 328 g/mol. The fourth-order valence-corrected chi connectivity index (χ4v) is 4.06. The van der Waals surface area contributed by atoms with E-state index >= 15 is 0 Å². The number of carboxylic acid groups (broad SMARTS) is 1. The Labute approximate surface area is 131 Å². The van der Waals surface area contributed by atoms with E-state index in [0.29, 0.717) is 5.75 Å². The third kappa shape index (κ3) is 3.26. The van der Waals surface area contributed by atoms with Gasteiger partial charge >= 0.3 is 5.97 Å². The highest BCUT2D eigenvalue weighted by Crippen LogP contribution is 2.40. The van der Waals surface area contributed by atoms with E-state index in [-0.39, 0.29) is 33.9 Å². The summed E-state index contributed by atoms with van der Waals surface area (Å²) >= 11 is 2.87. The van der Waals surface area contributed by atoms with Crippen LogP contribution >= 0.6 is 23.5 Å². The van der Waals surface area contributed by atoms with Crippen molar-refractivity contribution in [2.75, 3.05) is 11.5 Å². The molecule has 0 bridgehead atoms. The summed E-state index contributed by atoms with van der Waals surface area (Å²) < 4.78 is 0. The first-order valence-corrected chi connectivity index (χ1v) is 8.47. The van der Waals surface area contributed by atoms with Crippen molar-refractivity contribution >= 4 is 41.3 Å². The number of nitrogens with one attached hydrogen (secondary N) is 1. The molecule has 2 amide bonds. The second-order valence-electron chi connectivity index (χ2n) is 4.65. The van der Waals surface area contributed by atoms with Gasteiger partial charge in [-0.2, -0.15) is 0 Å². The van der Waals surface area contributed by atoms with Crippen molar-refractivity contribution in [2.24, 2.45) is 0 Å². The number of amides is 2. The zero-order valence-corrected chi connectivity index (χ0v) is 13.1.